The van der Waals surface area contributed by atoms with Gasteiger partial charge in [-0.15, -0.1) is 5.11 Å². The van der Waals surface area contributed by atoms with Crippen molar-refractivity contribution in [2.45, 2.75) is 11.8 Å². The standard InChI is InChI=1S/C16H14N2O5S/c1-11(2)16(19)23-15-6-4-3-5-14(15)18-17-12-7-9-13(10-8-12)24(20,21)22/h3-10H,1H2,2H3,(H,20,21,22). The second kappa shape index (κ2) is 7.16. The van der Waals surface area contributed by atoms with E-state index in [9.17, 15) is 13.2 Å². The van der Waals surface area contributed by atoms with Crippen molar-refractivity contribution in [2.24, 2.45) is 10.2 Å². The fourth-order valence-electron chi connectivity index (χ4n) is 1.61. The van der Waals surface area contributed by atoms with Crippen LogP contribution >= 0.6 is 0 Å². The van der Waals surface area contributed by atoms with E-state index < -0.39 is 16.1 Å². The summed E-state index contributed by atoms with van der Waals surface area (Å²) in [6, 6.07) is 11.7. The summed E-state index contributed by atoms with van der Waals surface area (Å²) in [5.41, 5.74) is 0.942. The average Bonchev–Trinajstić information content (AvgIpc) is 2.53. The molecule has 0 aromatic heterocycles. The van der Waals surface area contributed by atoms with Crippen LogP contribution in [-0.4, -0.2) is 18.9 Å². The first-order valence-corrected chi connectivity index (χ1v) is 8.17. The number of ether oxygens (including phenoxy) is 1. The van der Waals surface area contributed by atoms with E-state index in [0.29, 0.717) is 11.4 Å². The van der Waals surface area contributed by atoms with Crippen LogP contribution in [0.4, 0.5) is 11.4 Å². The van der Waals surface area contributed by atoms with E-state index in [0.717, 1.165) is 0 Å². The van der Waals surface area contributed by atoms with Gasteiger partial charge < -0.3 is 4.74 Å². The molecule has 0 heterocycles. The Bertz CT molecular complexity index is 902. The molecule has 1 N–H and O–H groups in total. The van der Waals surface area contributed by atoms with E-state index in [2.05, 4.69) is 16.8 Å². The number of nitrogens with zero attached hydrogens (tertiary/aromatic N) is 2. The summed E-state index contributed by atoms with van der Waals surface area (Å²) in [5.74, 6) is -0.348. The third-order valence-corrected chi connectivity index (χ3v) is 3.69. The topological polar surface area (TPSA) is 105 Å². The number of para-hydroxylation sites is 1. The van der Waals surface area contributed by atoms with E-state index in [4.69, 9.17) is 9.29 Å². The summed E-state index contributed by atoms with van der Waals surface area (Å²) in [4.78, 5) is 11.4. The summed E-state index contributed by atoms with van der Waals surface area (Å²) >= 11 is 0. The smallest absolute Gasteiger partial charge is 0.338 e. The maximum absolute atomic E-state index is 11.6. The molecule has 0 atom stereocenters. The van der Waals surface area contributed by atoms with Crippen LogP contribution in [-0.2, 0) is 14.9 Å². The minimum Gasteiger partial charge on any atom is -0.421 e. The highest BCUT2D eigenvalue weighted by Crippen LogP contribution is 2.29. The van der Waals surface area contributed by atoms with Crippen molar-refractivity contribution in [2.75, 3.05) is 0 Å². The predicted molar refractivity (Wildman–Crippen MR) is 87.3 cm³/mol. The lowest BCUT2D eigenvalue weighted by molar-refractivity contribution is -0.130. The van der Waals surface area contributed by atoms with Crippen molar-refractivity contribution in [3.8, 4) is 5.75 Å². The Labute approximate surface area is 139 Å². The van der Waals surface area contributed by atoms with Crippen LogP contribution in [0.2, 0.25) is 0 Å². The Hall–Kier alpha value is -2.84. The van der Waals surface area contributed by atoms with Gasteiger partial charge in [0.1, 0.15) is 5.69 Å². The highest BCUT2D eigenvalue weighted by Gasteiger charge is 2.10. The van der Waals surface area contributed by atoms with Crippen LogP contribution in [0.15, 0.2) is 75.8 Å². The molecule has 124 valence electrons. The maximum Gasteiger partial charge on any atom is 0.338 e. The largest absolute Gasteiger partial charge is 0.421 e. The molecule has 0 saturated carbocycles. The highest BCUT2D eigenvalue weighted by molar-refractivity contribution is 7.85. The number of hydrogen-bond donors (Lipinski definition) is 1. The van der Waals surface area contributed by atoms with Gasteiger partial charge in [-0.05, 0) is 43.3 Å². The summed E-state index contributed by atoms with van der Waals surface area (Å²) in [5, 5.41) is 7.93. The van der Waals surface area contributed by atoms with Gasteiger partial charge in [0.25, 0.3) is 10.1 Å². The molecule has 2 aromatic rings. The molecule has 0 unspecified atom stereocenters. The van der Waals surface area contributed by atoms with Gasteiger partial charge in [0.2, 0.25) is 0 Å². The van der Waals surface area contributed by atoms with Crippen LogP contribution < -0.4 is 4.74 Å². The molecular weight excluding hydrogens is 332 g/mol. The van der Waals surface area contributed by atoms with E-state index >= 15 is 0 Å². The zero-order valence-corrected chi connectivity index (χ0v) is 13.5. The molecule has 0 fully saturated rings. The number of azo groups is 1. The van der Waals surface area contributed by atoms with Crippen molar-refractivity contribution in [3.05, 3.63) is 60.7 Å². The zero-order valence-electron chi connectivity index (χ0n) is 12.7. The zero-order chi connectivity index (χ0) is 17.7. The Kier molecular flexibility index (Phi) is 5.22. The number of carbonyl (C=O) groups is 1. The SMILES string of the molecule is C=C(C)C(=O)Oc1ccccc1N=Nc1ccc(S(=O)(=O)O)cc1. The van der Waals surface area contributed by atoms with Crippen LogP contribution in [0, 0.1) is 0 Å². The lowest BCUT2D eigenvalue weighted by Crippen LogP contribution is -2.08. The second-order valence-corrected chi connectivity index (χ2v) is 6.23. The minimum atomic E-state index is -4.25. The number of esters is 1. The van der Waals surface area contributed by atoms with E-state index in [1.807, 2.05) is 0 Å². The number of benzene rings is 2. The molecule has 0 radical (unpaired) electrons. The fraction of sp³-hybridized carbons (Fsp3) is 0.0625. The fourth-order valence-corrected chi connectivity index (χ4v) is 2.09. The van der Waals surface area contributed by atoms with Crippen molar-refractivity contribution in [3.63, 3.8) is 0 Å². The molecule has 0 spiro atoms. The van der Waals surface area contributed by atoms with Gasteiger partial charge in [0, 0.05) is 5.57 Å². The Morgan fingerprint density at radius 1 is 1.08 bits per heavy atom. The van der Waals surface area contributed by atoms with Crippen molar-refractivity contribution >= 4 is 27.5 Å². The molecule has 0 aliphatic carbocycles. The van der Waals surface area contributed by atoms with Crippen molar-refractivity contribution in [1.29, 1.82) is 0 Å². The Morgan fingerprint density at radius 3 is 2.29 bits per heavy atom. The van der Waals surface area contributed by atoms with Crippen LogP contribution in [0.25, 0.3) is 0 Å². The molecular formula is C16H14N2O5S. The Balaban J connectivity index is 2.23. The Morgan fingerprint density at radius 2 is 1.71 bits per heavy atom. The van der Waals surface area contributed by atoms with E-state index in [-0.39, 0.29) is 16.2 Å². The van der Waals surface area contributed by atoms with Gasteiger partial charge >= 0.3 is 5.97 Å². The first kappa shape index (κ1) is 17.5. The molecule has 0 bridgehead atoms. The van der Waals surface area contributed by atoms with Crippen LogP contribution in [0.5, 0.6) is 5.75 Å². The van der Waals surface area contributed by atoms with E-state index in [1.54, 1.807) is 24.3 Å². The minimum absolute atomic E-state index is 0.226. The van der Waals surface area contributed by atoms with Crippen molar-refractivity contribution < 1.29 is 22.5 Å². The van der Waals surface area contributed by atoms with Gasteiger partial charge in [0.05, 0.1) is 10.6 Å². The first-order chi connectivity index (χ1) is 11.3. The van der Waals surface area contributed by atoms with E-state index in [1.165, 1.54) is 31.2 Å². The molecule has 2 rings (SSSR count). The maximum atomic E-state index is 11.6. The van der Waals surface area contributed by atoms with Crippen LogP contribution in [0.3, 0.4) is 0 Å². The quantitative estimate of drug-likeness (QED) is 0.291. The van der Waals surface area contributed by atoms with Gasteiger partial charge in [0.15, 0.2) is 5.75 Å². The molecule has 2 aromatic carbocycles. The van der Waals surface area contributed by atoms with Gasteiger partial charge in [-0.2, -0.15) is 13.5 Å². The van der Waals surface area contributed by atoms with Gasteiger partial charge in [-0.25, -0.2) is 4.79 Å². The summed E-state index contributed by atoms with van der Waals surface area (Å²) < 4.78 is 36.0. The molecule has 0 aliphatic rings. The van der Waals surface area contributed by atoms with Crippen LogP contribution in [0.1, 0.15) is 6.92 Å². The summed E-state index contributed by atoms with van der Waals surface area (Å²) in [6.45, 7) is 5.04. The second-order valence-electron chi connectivity index (χ2n) is 4.81. The van der Waals surface area contributed by atoms with Gasteiger partial charge in [-0.3, -0.25) is 4.55 Å². The monoisotopic (exact) mass is 346 g/mol. The molecule has 0 amide bonds. The molecule has 0 saturated heterocycles. The lowest BCUT2D eigenvalue weighted by atomic mass is 10.3. The lowest BCUT2D eigenvalue weighted by Gasteiger charge is -2.05. The predicted octanol–water partition coefficient (Wildman–Crippen LogP) is 3.83. The third-order valence-electron chi connectivity index (χ3n) is 2.82. The third kappa shape index (κ3) is 4.58. The van der Waals surface area contributed by atoms with Crippen molar-refractivity contribution in [1.82, 2.24) is 0 Å². The van der Waals surface area contributed by atoms with Gasteiger partial charge in [-0.1, -0.05) is 18.7 Å². The molecule has 0 aliphatic heterocycles. The number of rotatable bonds is 5. The highest BCUT2D eigenvalue weighted by atomic mass is 32.2. The molecule has 7 nitrogen and oxygen atoms in total. The normalized spacial score (nSPS) is 11.4. The molecule has 8 heteroatoms. The average molecular weight is 346 g/mol. The number of hydrogen-bond acceptors (Lipinski definition) is 6. The first-order valence-electron chi connectivity index (χ1n) is 6.73. The number of carbonyl (C=O) groups excluding carboxylic acids is 1. The summed E-state index contributed by atoms with van der Waals surface area (Å²) in [7, 11) is -4.25. The summed E-state index contributed by atoms with van der Waals surface area (Å²) in [6.07, 6.45) is 0. The molecule has 24 heavy (non-hydrogen) atoms.